The lowest BCUT2D eigenvalue weighted by atomic mass is 9.82. The highest BCUT2D eigenvalue weighted by Crippen LogP contribution is 2.31. The van der Waals surface area contributed by atoms with Gasteiger partial charge in [-0.15, -0.1) is 0 Å². The zero-order chi connectivity index (χ0) is 11.4. The first-order chi connectivity index (χ1) is 7.83. The van der Waals surface area contributed by atoms with E-state index in [0.29, 0.717) is 12.5 Å². The summed E-state index contributed by atoms with van der Waals surface area (Å²) < 4.78 is 0. The molecule has 0 spiro atoms. The van der Waals surface area contributed by atoms with Gasteiger partial charge in [0, 0.05) is 24.5 Å². The highest BCUT2D eigenvalue weighted by Gasteiger charge is 2.25. The molecule has 0 aromatic heterocycles. The van der Waals surface area contributed by atoms with E-state index in [1.165, 1.54) is 18.5 Å². The average Bonchev–Trinajstić information content (AvgIpc) is 2.35. The molecule has 0 bridgehead atoms. The van der Waals surface area contributed by atoms with Crippen molar-refractivity contribution >= 4 is 0 Å². The molecule has 1 atom stereocenters. The van der Waals surface area contributed by atoms with Crippen LogP contribution in [-0.4, -0.2) is 31.1 Å². The predicted molar refractivity (Wildman–Crippen MR) is 65.0 cm³/mol. The van der Waals surface area contributed by atoms with E-state index >= 15 is 0 Å². The van der Waals surface area contributed by atoms with Crippen LogP contribution in [0.25, 0.3) is 10.4 Å². The molecule has 1 aliphatic carbocycles. The van der Waals surface area contributed by atoms with Crippen LogP contribution in [0.3, 0.4) is 0 Å². The van der Waals surface area contributed by atoms with Crippen molar-refractivity contribution < 1.29 is 0 Å². The Morgan fingerprint density at radius 2 is 2.44 bits per heavy atom. The smallest absolute Gasteiger partial charge is 0.0473 e. The third-order valence-electron chi connectivity index (χ3n) is 3.55. The van der Waals surface area contributed by atoms with Gasteiger partial charge >= 0.3 is 0 Å². The first-order valence-electron chi connectivity index (χ1n) is 5.95. The van der Waals surface area contributed by atoms with E-state index in [0.717, 1.165) is 19.5 Å². The normalized spacial score (nSPS) is 25.2. The van der Waals surface area contributed by atoms with Gasteiger partial charge in [0.15, 0.2) is 0 Å². The summed E-state index contributed by atoms with van der Waals surface area (Å²) in [6.45, 7) is 6.24. The van der Waals surface area contributed by atoms with Gasteiger partial charge in [0.25, 0.3) is 0 Å². The molecule has 4 heteroatoms. The molecule has 16 heavy (non-hydrogen) atoms. The van der Waals surface area contributed by atoms with Crippen LogP contribution in [0, 0.1) is 5.92 Å². The van der Waals surface area contributed by atoms with Crippen molar-refractivity contribution in [3.05, 3.63) is 33.7 Å². The van der Waals surface area contributed by atoms with Gasteiger partial charge in [0.1, 0.15) is 0 Å². The van der Waals surface area contributed by atoms with Gasteiger partial charge in [0.2, 0.25) is 0 Å². The van der Waals surface area contributed by atoms with Crippen LogP contribution in [0.15, 0.2) is 28.4 Å². The monoisotopic (exact) mass is 218 g/mol. The maximum absolute atomic E-state index is 8.32. The van der Waals surface area contributed by atoms with Gasteiger partial charge in [-0.1, -0.05) is 35.3 Å². The quantitative estimate of drug-likeness (QED) is 0.408. The van der Waals surface area contributed by atoms with E-state index in [9.17, 15) is 0 Å². The summed E-state index contributed by atoms with van der Waals surface area (Å²) in [6.07, 6.45) is 6.65. The standard InChI is InChI=1S/C12H18N4/c1-2-16-6-5-11-4-3-10(8-14-15-13)7-12(11)9-16/h3-4,12H,2,5-9H2,1H3. The lowest BCUT2D eigenvalue weighted by molar-refractivity contribution is 0.221. The molecule has 86 valence electrons. The maximum Gasteiger partial charge on any atom is 0.0473 e. The second kappa shape index (κ2) is 5.19. The fraction of sp³-hybridized carbons (Fsp3) is 0.667. The summed E-state index contributed by atoms with van der Waals surface area (Å²) in [5, 5.41) is 3.64. The van der Waals surface area contributed by atoms with Gasteiger partial charge < -0.3 is 4.90 Å². The summed E-state index contributed by atoms with van der Waals surface area (Å²) >= 11 is 0. The molecule has 0 aromatic rings. The number of piperidine rings is 1. The lowest BCUT2D eigenvalue weighted by Crippen LogP contribution is -2.37. The van der Waals surface area contributed by atoms with Crippen molar-refractivity contribution in [2.45, 2.75) is 19.8 Å². The van der Waals surface area contributed by atoms with Crippen molar-refractivity contribution in [2.24, 2.45) is 11.0 Å². The molecule has 1 saturated heterocycles. The van der Waals surface area contributed by atoms with Gasteiger partial charge in [-0.2, -0.15) is 0 Å². The number of likely N-dealkylation sites (tertiary alicyclic amines) is 1. The highest BCUT2D eigenvalue weighted by atomic mass is 15.1. The number of allylic oxidation sites excluding steroid dienone is 2. The van der Waals surface area contributed by atoms with Gasteiger partial charge in [0.05, 0.1) is 0 Å². The molecule has 0 aromatic carbocycles. The van der Waals surface area contributed by atoms with Crippen molar-refractivity contribution in [1.29, 1.82) is 0 Å². The Balaban J connectivity index is 2.02. The number of fused-ring (bicyclic) bond motifs is 1. The van der Waals surface area contributed by atoms with E-state index in [1.54, 1.807) is 5.57 Å². The average molecular weight is 218 g/mol. The third-order valence-corrected chi connectivity index (χ3v) is 3.55. The zero-order valence-corrected chi connectivity index (χ0v) is 9.76. The van der Waals surface area contributed by atoms with Crippen LogP contribution in [0.2, 0.25) is 0 Å². The molecule has 0 N–H and O–H groups in total. The molecule has 2 aliphatic rings. The van der Waals surface area contributed by atoms with E-state index in [4.69, 9.17) is 5.53 Å². The Bertz CT molecular complexity index is 363. The summed E-state index contributed by atoms with van der Waals surface area (Å²) in [5.74, 6) is 0.655. The lowest BCUT2D eigenvalue weighted by Gasteiger charge is -2.36. The second-order valence-corrected chi connectivity index (χ2v) is 4.50. The molecule has 4 nitrogen and oxygen atoms in total. The Morgan fingerprint density at radius 3 is 3.19 bits per heavy atom. The van der Waals surface area contributed by atoms with Crippen LogP contribution in [0.5, 0.6) is 0 Å². The first-order valence-corrected chi connectivity index (χ1v) is 5.95. The number of hydrogen-bond acceptors (Lipinski definition) is 2. The molecule has 1 aliphatic heterocycles. The highest BCUT2D eigenvalue weighted by molar-refractivity contribution is 5.29. The van der Waals surface area contributed by atoms with Crippen LogP contribution in [0.4, 0.5) is 0 Å². The molecule has 0 radical (unpaired) electrons. The van der Waals surface area contributed by atoms with E-state index in [1.807, 2.05) is 0 Å². The Morgan fingerprint density at radius 1 is 1.56 bits per heavy atom. The summed E-state index contributed by atoms with van der Waals surface area (Å²) in [4.78, 5) is 5.32. The minimum Gasteiger partial charge on any atom is -0.303 e. The summed E-state index contributed by atoms with van der Waals surface area (Å²) in [5.41, 5.74) is 11.2. The molecule has 1 heterocycles. The largest absolute Gasteiger partial charge is 0.303 e. The van der Waals surface area contributed by atoms with Crippen LogP contribution < -0.4 is 0 Å². The van der Waals surface area contributed by atoms with Gasteiger partial charge in [-0.25, -0.2) is 0 Å². The molecular formula is C12H18N4. The van der Waals surface area contributed by atoms with Crippen molar-refractivity contribution in [3.63, 3.8) is 0 Å². The SMILES string of the molecule is CCN1CCC2=CC=C(CN=[N+]=[N-])CC2C1. The molecule has 1 fully saturated rings. The molecule has 2 rings (SSSR count). The molecular weight excluding hydrogens is 200 g/mol. The predicted octanol–water partition coefficient (Wildman–Crippen LogP) is 2.90. The minimum atomic E-state index is 0.531. The molecule has 0 amide bonds. The minimum absolute atomic E-state index is 0.531. The summed E-state index contributed by atoms with van der Waals surface area (Å²) in [6, 6.07) is 0. The van der Waals surface area contributed by atoms with Crippen LogP contribution >= 0.6 is 0 Å². The number of hydrogen-bond donors (Lipinski definition) is 0. The van der Waals surface area contributed by atoms with Gasteiger partial charge in [-0.3, -0.25) is 0 Å². The third kappa shape index (κ3) is 2.46. The molecule has 1 unspecified atom stereocenters. The maximum atomic E-state index is 8.32. The second-order valence-electron chi connectivity index (χ2n) is 4.50. The Hall–Kier alpha value is -1.25. The van der Waals surface area contributed by atoms with Crippen molar-refractivity contribution in [2.75, 3.05) is 26.2 Å². The fourth-order valence-electron chi connectivity index (χ4n) is 2.56. The number of azide groups is 1. The summed E-state index contributed by atoms with van der Waals surface area (Å²) in [7, 11) is 0. The van der Waals surface area contributed by atoms with Crippen molar-refractivity contribution in [1.82, 2.24) is 4.90 Å². The Labute approximate surface area is 96.3 Å². The molecule has 0 saturated carbocycles. The fourth-order valence-corrected chi connectivity index (χ4v) is 2.56. The zero-order valence-electron chi connectivity index (χ0n) is 9.76. The first kappa shape index (κ1) is 11.2. The van der Waals surface area contributed by atoms with Crippen molar-refractivity contribution in [3.8, 4) is 0 Å². The van der Waals surface area contributed by atoms with Gasteiger partial charge in [-0.05, 0) is 30.8 Å². The number of nitrogens with zero attached hydrogens (tertiary/aromatic N) is 4. The van der Waals surface area contributed by atoms with Crippen LogP contribution in [-0.2, 0) is 0 Å². The van der Waals surface area contributed by atoms with E-state index < -0.39 is 0 Å². The van der Waals surface area contributed by atoms with E-state index in [2.05, 4.69) is 34.0 Å². The van der Waals surface area contributed by atoms with E-state index in [-0.39, 0.29) is 0 Å². The van der Waals surface area contributed by atoms with Crippen LogP contribution in [0.1, 0.15) is 19.8 Å². The topological polar surface area (TPSA) is 52.0 Å². The number of rotatable bonds is 3. The Kier molecular flexibility index (Phi) is 3.65.